The van der Waals surface area contributed by atoms with Gasteiger partial charge in [-0.3, -0.25) is 9.79 Å². The zero-order chi connectivity index (χ0) is 21.8. The standard InChI is InChI=1S/C25H32N4O2.HI/c1-25(2)15-21(20-10-4-5-11-22(20)31-25)28-24(26-3)27-16-18-8-6-9-19(14-18)17-29-13-7-12-23(29)30;/h4-6,8-11,14,21H,7,12-13,15-17H2,1-3H3,(H2,26,27,28);1H. The van der Waals surface area contributed by atoms with E-state index in [9.17, 15) is 4.79 Å². The molecule has 1 saturated heterocycles. The number of amides is 1. The molecule has 2 N–H and O–H groups in total. The molecule has 0 aliphatic carbocycles. The Morgan fingerprint density at radius 1 is 1.19 bits per heavy atom. The fraction of sp³-hybridized carbons (Fsp3) is 0.440. The van der Waals surface area contributed by atoms with Crippen LogP contribution in [0.4, 0.5) is 0 Å². The fourth-order valence-electron chi connectivity index (χ4n) is 4.41. The number of hydrogen-bond donors (Lipinski definition) is 2. The molecule has 32 heavy (non-hydrogen) atoms. The first-order chi connectivity index (χ1) is 14.9. The maximum atomic E-state index is 11.9. The largest absolute Gasteiger partial charge is 0.487 e. The van der Waals surface area contributed by atoms with Crippen molar-refractivity contribution in [3.63, 3.8) is 0 Å². The molecule has 0 spiro atoms. The highest BCUT2D eigenvalue weighted by Gasteiger charge is 2.34. The zero-order valence-corrected chi connectivity index (χ0v) is 21.4. The van der Waals surface area contributed by atoms with Crippen molar-refractivity contribution in [1.29, 1.82) is 0 Å². The van der Waals surface area contributed by atoms with E-state index >= 15 is 0 Å². The van der Waals surface area contributed by atoms with E-state index in [-0.39, 0.29) is 41.5 Å². The highest BCUT2D eigenvalue weighted by molar-refractivity contribution is 14.0. The number of aliphatic imine (C=N–C) groups is 1. The smallest absolute Gasteiger partial charge is 0.222 e. The second-order valence-electron chi connectivity index (χ2n) is 8.97. The maximum absolute atomic E-state index is 11.9. The van der Waals surface area contributed by atoms with Crippen molar-refractivity contribution in [2.45, 2.75) is 57.8 Å². The van der Waals surface area contributed by atoms with Gasteiger partial charge < -0.3 is 20.3 Å². The number of hydrogen-bond acceptors (Lipinski definition) is 3. The number of likely N-dealkylation sites (tertiary alicyclic amines) is 1. The van der Waals surface area contributed by atoms with Crippen molar-refractivity contribution in [2.24, 2.45) is 4.99 Å². The number of fused-ring (bicyclic) bond motifs is 1. The van der Waals surface area contributed by atoms with Crippen LogP contribution in [-0.2, 0) is 17.9 Å². The lowest BCUT2D eigenvalue weighted by Crippen LogP contribution is -2.45. The van der Waals surface area contributed by atoms with E-state index in [1.54, 1.807) is 7.05 Å². The summed E-state index contributed by atoms with van der Waals surface area (Å²) in [7, 11) is 1.79. The number of rotatable bonds is 5. The Bertz CT molecular complexity index is 976. The van der Waals surface area contributed by atoms with Crippen LogP contribution in [0.5, 0.6) is 5.75 Å². The number of guanidine groups is 1. The minimum atomic E-state index is -0.244. The molecule has 2 aromatic rings. The van der Waals surface area contributed by atoms with E-state index in [0.717, 1.165) is 42.2 Å². The Labute approximate surface area is 207 Å². The normalized spacial score (nSPS) is 19.6. The predicted octanol–water partition coefficient (Wildman–Crippen LogP) is 4.39. The van der Waals surface area contributed by atoms with Crippen LogP contribution >= 0.6 is 24.0 Å². The molecule has 2 heterocycles. The first kappa shape index (κ1) is 24.4. The molecule has 1 amide bonds. The van der Waals surface area contributed by atoms with Crippen LogP contribution in [0.1, 0.15) is 55.8 Å². The molecule has 1 atom stereocenters. The number of carbonyl (C=O) groups excluding carboxylic acids is 1. The summed E-state index contributed by atoms with van der Waals surface area (Å²) in [5.74, 6) is 1.95. The summed E-state index contributed by atoms with van der Waals surface area (Å²) in [6.07, 6.45) is 2.49. The van der Waals surface area contributed by atoms with Gasteiger partial charge in [-0.1, -0.05) is 42.5 Å². The maximum Gasteiger partial charge on any atom is 0.222 e. The Morgan fingerprint density at radius 3 is 2.72 bits per heavy atom. The van der Waals surface area contributed by atoms with E-state index in [1.165, 1.54) is 5.56 Å². The molecule has 0 aromatic heterocycles. The average molecular weight is 548 g/mol. The lowest BCUT2D eigenvalue weighted by Gasteiger charge is -2.38. The van der Waals surface area contributed by atoms with Crippen molar-refractivity contribution in [2.75, 3.05) is 13.6 Å². The van der Waals surface area contributed by atoms with E-state index < -0.39 is 0 Å². The molecule has 6 nitrogen and oxygen atoms in total. The van der Waals surface area contributed by atoms with Crippen LogP contribution < -0.4 is 15.4 Å². The molecule has 1 fully saturated rings. The first-order valence-corrected chi connectivity index (χ1v) is 11.0. The van der Waals surface area contributed by atoms with Gasteiger partial charge in [-0.05, 0) is 37.5 Å². The van der Waals surface area contributed by atoms with Crippen LogP contribution in [0.3, 0.4) is 0 Å². The molecule has 2 aliphatic rings. The third-order valence-electron chi connectivity index (χ3n) is 5.91. The van der Waals surface area contributed by atoms with Gasteiger partial charge in [-0.25, -0.2) is 0 Å². The third-order valence-corrected chi connectivity index (χ3v) is 5.91. The topological polar surface area (TPSA) is 66.0 Å². The minimum Gasteiger partial charge on any atom is -0.487 e. The molecule has 1 unspecified atom stereocenters. The van der Waals surface area contributed by atoms with Crippen molar-refractivity contribution < 1.29 is 9.53 Å². The van der Waals surface area contributed by atoms with Crippen LogP contribution in [0.15, 0.2) is 53.5 Å². The second kappa shape index (κ2) is 10.6. The highest BCUT2D eigenvalue weighted by Crippen LogP contribution is 2.39. The number of carbonyl (C=O) groups is 1. The quantitative estimate of drug-likeness (QED) is 0.331. The molecule has 0 bridgehead atoms. The highest BCUT2D eigenvalue weighted by atomic mass is 127. The molecular formula is C25H33IN4O2. The Hall–Kier alpha value is -2.29. The summed E-state index contributed by atoms with van der Waals surface area (Å²) >= 11 is 0. The van der Waals surface area contributed by atoms with Crippen LogP contribution in [0.25, 0.3) is 0 Å². The second-order valence-corrected chi connectivity index (χ2v) is 8.97. The zero-order valence-electron chi connectivity index (χ0n) is 19.1. The van der Waals surface area contributed by atoms with Gasteiger partial charge in [0.2, 0.25) is 5.91 Å². The molecule has 172 valence electrons. The van der Waals surface area contributed by atoms with Gasteiger partial charge in [-0.15, -0.1) is 24.0 Å². The van der Waals surface area contributed by atoms with Gasteiger partial charge in [0, 0.05) is 45.1 Å². The summed E-state index contributed by atoms with van der Waals surface area (Å²) in [5, 5.41) is 7.01. The number of nitrogens with zero attached hydrogens (tertiary/aromatic N) is 2. The monoisotopic (exact) mass is 548 g/mol. The summed E-state index contributed by atoms with van der Waals surface area (Å²) < 4.78 is 6.14. The van der Waals surface area contributed by atoms with E-state index in [4.69, 9.17) is 4.74 Å². The molecular weight excluding hydrogens is 515 g/mol. The van der Waals surface area contributed by atoms with Crippen molar-refractivity contribution >= 4 is 35.8 Å². The summed E-state index contributed by atoms with van der Waals surface area (Å²) in [6, 6.07) is 16.7. The SMILES string of the molecule is CN=C(NCc1cccc(CN2CCCC2=O)c1)NC1CC(C)(C)Oc2ccccc21.I. The fourth-order valence-corrected chi connectivity index (χ4v) is 4.41. The predicted molar refractivity (Wildman–Crippen MR) is 138 cm³/mol. The molecule has 4 rings (SSSR count). The molecule has 2 aliphatic heterocycles. The molecule has 0 radical (unpaired) electrons. The first-order valence-electron chi connectivity index (χ1n) is 11.0. The summed E-state index contributed by atoms with van der Waals surface area (Å²) in [4.78, 5) is 18.3. The lowest BCUT2D eigenvalue weighted by molar-refractivity contribution is -0.128. The van der Waals surface area contributed by atoms with E-state index in [2.05, 4.69) is 59.8 Å². The van der Waals surface area contributed by atoms with Crippen molar-refractivity contribution in [3.8, 4) is 5.75 Å². The van der Waals surface area contributed by atoms with E-state index in [0.29, 0.717) is 19.5 Å². The van der Waals surface area contributed by atoms with Crippen LogP contribution in [0, 0.1) is 0 Å². The summed E-state index contributed by atoms with van der Waals surface area (Å²) in [6.45, 7) is 6.44. The average Bonchev–Trinajstić information content (AvgIpc) is 3.14. The Morgan fingerprint density at radius 2 is 1.97 bits per heavy atom. The molecule has 2 aromatic carbocycles. The van der Waals surface area contributed by atoms with Crippen molar-refractivity contribution in [1.82, 2.24) is 15.5 Å². The minimum absolute atomic E-state index is 0. The van der Waals surface area contributed by atoms with Gasteiger partial charge in [0.15, 0.2) is 5.96 Å². The third kappa shape index (κ3) is 5.94. The summed E-state index contributed by atoms with van der Waals surface area (Å²) in [5.41, 5.74) is 3.24. The van der Waals surface area contributed by atoms with Crippen LogP contribution in [0.2, 0.25) is 0 Å². The molecule has 7 heteroatoms. The van der Waals surface area contributed by atoms with Crippen molar-refractivity contribution in [3.05, 3.63) is 65.2 Å². The van der Waals surface area contributed by atoms with Gasteiger partial charge in [0.25, 0.3) is 0 Å². The molecule has 0 saturated carbocycles. The van der Waals surface area contributed by atoms with E-state index in [1.807, 2.05) is 23.1 Å². The number of halogens is 1. The van der Waals surface area contributed by atoms with Gasteiger partial charge in [0.1, 0.15) is 11.4 Å². The van der Waals surface area contributed by atoms with Gasteiger partial charge in [-0.2, -0.15) is 0 Å². The Kier molecular flexibility index (Phi) is 8.03. The van der Waals surface area contributed by atoms with Gasteiger partial charge >= 0.3 is 0 Å². The van der Waals surface area contributed by atoms with Crippen LogP contribution in [-0.4, -0.2) is 36.0 Å². The number of nitrogens with one attached hydrogen (secondary N) is 2. The number of ether oxygens (including phenoxy) is 1. The van der Waals surface area contributed by atoms with Gasteiger partial charge in [0.05, 0.1) is 6.04 Å². The Balaban J connectivity index is 0.00000289. The number of benzene rings is 2. The number of para-hydroxylation sites is 1. The lowest BCUT2D eigenvalue weighted by atomic mass is 9.90.